The number of rotatable bonds is 8. The predicted octanol–water partition coefficient (Wildman–Crippen LogP) is 4.74. The summed E-state index contributed by atoms with van der Waals surface area (Å²) in [6.45, 7) is 3.64. The maximum Gasteiger partial charge on any atom is 0.338 e. The number of anilines is 1. The number of fused-ring (bicyclic) bond motifs is 1. The maximum absolute atomic E-state index is 13.8. The number of hydrogen-bond donors (Lipinski definition) is 2. The van der Waals surface area contributed by atoms with E-state index < -0.39 is 17.8 Å². The van der Waals surface area contributed by atoms with Crippen molar-refractivity contribution in [1.82, 2.24) is 15.2 Å². The highest BCUT2D eigenvalue weighted by Crippen LogP contribution is 2.42. The molecule has 10 heteroatoms. The van der Waals surface area contributed by atoms with Gasteiger partial charge in [-0.3, -0.25) is 0 Å². The van der Waals surface area contributed by atoms with E-state index in [1.807, 2.05) is 10.3 Å². The van der Waals surface area contributed by atoms with Crippen molar-refractivity contribution in [3.63, 3.8) is 0 Å². The van der Waals surface area contributed by atoms with Crippen molar-refractivity contribution in [1.29, 1.82) is 0 Å². The van der Waals surface area contributed by atoms with Gasteiger partial charge in [0.25, 0.3) is 0 Å². The van der Waals surface area contributed by atoms with Crippen LogP contribution in [0.25, 0.3) is 0 Å². The zero-order valence-corrected chi connectivity index (χ0v) is 20.5. The third kappa shape index (κ3) is 4.96. The Morgan fingerprint density at radius 3 is 2.94 bits per heavy atom. The number of ether oxygens (including phenoxy) is 1. The monoisotopic (exact) mass is 503 g/mol. The van der Waals surface area contributed by atoms with Crippen LogP contribution in [0.1, 0.15) is 44.2 Å². The maximum atomic E-state index is 13.8. The van der Waals surface area contributed by atoms with E-state index in [9.17, 15) is 9.18 Å². The number of aliphatic imine (C=N–C) groups is 1. The first-order chi connectivity index (χ1) is 16.5. The molecule has 1 saturated heterocycles. The minimum absolute atomic E-state index is 0.170. The largest absolute Gasteiger partial charge is 0.463 e. The predicted molar refractivity (Wildman–Crippen MR) is 131 cm³/mol. The van der Waals surface area contributed by atoms with Crippen molar-refractivity contribution >= 4 is 40.0 Å². The van der Waals surface area contributed by atoms with Crippen LogP contribution in [-0.2, 0) is 9.53 Å². The van der Waals surface area contributed by atoms with Crippen molar-refractivity contribution in [2.24, 2.45) is 10.9 Å². The zero-order valence-electron chi connectivity index (χ0n) is 18.9. The zero-order chi connectivity index (χ0) is 23.7. The normalized spacial score (nSPS) is 22.0. The molecule has 2 N–H and O–H groups in total. The van der Waals surface area contributed by atoms with Gasteiger partial charge < -0.3 is 20.3 Å². The Hall–Kier alpha value is -2.49. The van der Waals surface area contributed by atoms with Crippen molar-refractivity contribution in [2.75, 3.05) is 25.0 Å². The Bertz CT molecular complexity index is 1120. The molecule has 34 heavy (non-hydrogen) atoms. The summed E-state index contributed by atoms with van der Waals surface area (Å²) in [6.07, 6.45) is 6.20. The third-order valence-corrected chi connectivity index (χ3v) is 7.36. The first-order valence-corrected chi connectivity index (χ1v) is 12.9. The first-order valence-electron chi connectivity index (χ1n) is 11.6. The van der Waals surface area contributed by atoms with E-state index >= 15 is 0 Å². The highest BCUT2D eigenvalue weighted by atomic mass is 35.5. The SMILES string of the molecule is CCOC(=O)C1=C2C[C@H](NCCC3CC3)CN2C(Nc2nccs2)=N[C@H]1c1ccc(F)cc1Cl. The van der Waals surface area contributed by atoms with Crippen molar-refractivity contribution in [3.8, 4) is 0 Å². The molecule has 0 bridgehead atoms. The second-order valence-electron chi connectivity index (χ2n) is 8.76. The molecule has 7 nitrogen and oxygen atoms in total. The van der Waals surface area contributed by atoms with Crippen molar-refractivity contribution in [2.45, 2.75) is 44.7 Å². The molecule has 0 amide bonds. The van der Waals surface area contributed by atoms with E-state index in [2.05, 4.69) is 15.6 Å². The average molecular weight is 504 g/mol. The van der Waals surface area contributed by atoms with E-state index in [1.54, 1.807) is 19.2 Å². The number of nitrogens with one attached hydrogen (secondary N) is 2. The summed E-state index contributed by atoms with van der Waals surface area (Å²) >= 11 is 7.90. The van der Waals surface area contributed by atoms with Crippen molar-refractivity contribution in [3.05, 3.63) is 57.4 Å². The summed E-state index contributed by atoms with van der Waals surface area (Å²) in [5, 5.41) is 9.77. The van der Waals surface area contributed by atoms with E-state index in [-0.39, 0.29) is 17.7 Å². The number of nitrogens with zero attached hydrogens (tertiary/aromatic N) is 3. The van der Waals surface area contributed by atoms with Crippen LogP contribution in [-0.4, -0.2) is 47.6 Å². The Kier molecular flexibility index (Phi) is 6.85. The molecule has 1 saturated carbocycles. The Balaban J connectivity index is 1.52. The van der Waals surface area contributed by atoms with Crippen LogP contribution in [0, 0.1) is 11.7 Å². The van der Waals surface area contributed by atoms with Gasteiger partial charge >= 0.3 is 5.97 Å². The molecule has 2 aliphatic heterocycles. The molecule has 3 aliphatic rings. The molecule has 0 spiro atoms. The molecule has 1 aromatic carbocycles. The molecule has 2 atom stereocenters. The fourth-order valence-corrected chi connectivity index (χ4v) is 5.32. The number of guanidine groups is 1. The quantitative estimate of drug-likeness (QED) is 0.507. The number of benzene rings is 1. The highest BCUT2D eigenvalue weighted by Gasteiger charge is 2.42. The van der Waals surface area contributed by atoms with Gasteiger partial charge in [0.2, 0.25) is 5.96 Å². The molecule has 2 fully saturated rings. The van der Waals surface area contributed by atoms with Crippen LogP contribution in [0.3, 0.4) is 0 Å². The fraction of sp³-hybridized carbons (Fsp3) is 0.458. The van der Waals surface area contributed by atoms with Crippen LogP contribution >= 0.6 is 22.9 Å². The van der Waals surface area contributed by atoms with Crippen LogP contribution in [0.5, 0.6) is 0 Å². The van der Waals surface area contributed by atoms with Crippen LogP contribution in [0.2, 0.25) is 5.02 Å². The van der Waals surface area contributed by atoms with Gasteiger partial charge in [-0.1, -0.05) is 30.5 Å². The van der Waals surface area contributed by atoms with Gasteiger partial charge in [-0.05, 0) is 37.9 Å². The summed E-state index contributed by atoms with van der Waals surface area (Å²) in [7, 11) is 0. The molecular formula is C24H27ClFN5O2S. The number of carbonyl (C=O) groups excluding carboxylic acids is 1. The van der Waals surface area contributed by atoms with Crippen LogP contribution in [0.15, 0.2) is 46.0 Å². The number of hydrogen-bond acceptors (Lipinski definition) is 8. The summed E-state index contributed by atoms with van der Waals surface area (Å²) < 4.78 is 19.2. The molecule has 1 aliphatic carbocycles. The van der Waals surface area contributed by atoms with E-state index in [4.69, 9.17) is 21.3 Å². The van der Waals surface area contributed by atoms with Crippen LogP contribution in [0.4, 0.5) is 9.52 Å². The van der Waals surface area contributed by atoms with E-state index in [0.29, 0.717) is 35.2 Å². The molecular weight excluding hydrogens is 477 g/mol. The van der Waals surface area contributed by atoms with Gasteiger partial charge in [-0.25, -0.2) is 19.2 Å². The summed E-state index contributed by atoms with van der Waals surface area (Å²) in [5.74, 6) is 0.570. The standard InChI is InChI=1S/C24H27ClFN5O2S/c1-2-33-22(32)20-19-12-16(27-8-7-14-3-4-14)13-31(19)23(30-24-28-9-10-34-24)29-21(20)17-6-5-15(26)11-18(17)25/h5-6,9-11,14,16,21,27H,2-4,7-8,12-13H2,1H3,(H,28,29,30)/t16-,21-/m0/s1. The van der Waals surface area contributed by atoms with Gasteiger partial charge in [0, 0.05) is 46.9 Å². The molecule has 5 rings (SSSR count). The number of thiazole rings is 1. The third-order valence-electron chi connectivity index (χ3n) is 6.35. The summed E-state index contributed by atoms with van der Waals surface area (Å²) in [6, 6.07) is 3.62. The topological polar surface area (TPSA) is 78.9 Å². The fourth-order valence-electron chi connectivity index (χ4n) is 4.52. The van der Waals surface area contributed by atoms with Crippen molar-refractivity contribution < 1.29 is 13.9 Å². The molecule has 3 heterocycles. The number of aromatic nitrogens is 1. The highest BCUT2D eigenvalue weighted by molar-refractivity contribution is 7.13. The Morgan fingerprint density at radius 2 is 2.24 bits per heavy atom. The lowest BCUT2D eigenvalue weighted by atomic mass is 9.94. The lowest BCUT2D eigenvalue weighted by Gasteiger charge is -2.32. The first kappa shape index (κ1) is 23.3. The van der Waals surface area contributed by atoms with Gasteiger partial charge in [-0.15, -0.1) is 11.3 Å². The van der Waals surface area contributed by atoms with Gasteiger partial charge in [0.05, 0.1) is 12.2 Å². The van der Waals surface area contributed by atoms with Gasteiger partial charge in [-0.2, -0.15) is 0 Å². The van der Waals surface area contributed by atoms with E-state index in [1.165, 1.54) is 42.7 Å². The number of carbonyl (C=O) groups is 1. The summed E-state index contributed by atoms with van der Waals surface area (Å²) in [4.78, 5) is 24.5. The molecule has 0 radical (unpaired) electrons. The molecule has 2 aromatic rings. The summed E-state index contributed by atoms with van der Waals surface area (Å²) in [5.41, 5.74) is 1.86. The average Bonchev–Trinajstić information content (AvgIpc) is 3.29. The minimum Gasteiger partial charge on any atom is -0.463 e. The lowest BCUT2D eigenvalue weighted by Crippen LogP contribution is -2.41. The molecule has 180 valence electrons. The molecule has 1 aromatic heterocycles. The Labute approximate surface area is 207 Å². The Morgan fingerprint density at radius 1 is 1.38 bits per heavy atom. The lowest BCUT2D eigenvalue weighted by molar-refractivity contribution is -0.139. The number of esters is 1. The van der Waals surface area contributed by atoms with Gasteiger partial charge in [0.1, 0.15) is 11.9 Å². The minimum atomic E-state index is -0.717. The molecule has 0 unspecified atom stereocenters. The smallest absolute Gasteiger partial charge is 0.338 e. The van der Waals surface area contributed by atoms with Crippen LogP contribution < -0.4 is 10.6 Å². The second-order valence-corrected chi connectivity index (χ2v) is 10.1. The van der Waals surface area contributed by atoms with Gasteiger partial charge in [0.15, 0.2) is 5.13 Å². The number of halogens is 2. The second kappa shape index (κ2) is 10.0. The van der Waals surface area contributed by atoms with E-state index in [0.717, 1.165) is 18.2 Å².